The molecule has 0 unspecified atom stereocenters. The van der Waals surface area contributed by atoms with Crippen LogP contribution >= 0.6 is 11.8 Å². The lowest BCUT2D eigenvalue weighted by Gasteiger charge is -2.11. The number of hydrogen-bond acceptors (Lipinski definition) is 3. The smallest absolute Gasteiger partial charge is 0.111 e. The van der Waals surface area contributed by atoms with E-state index >= 15 is 0 Å². The van der Waals surface area contributed by atoms with Crippen LogP contribution in [0.25, 0.3) is 11.0 Å². The molecule has 1 fully saturated rings. The number of para-hydroxylation sites is 2. The van der Waals surface area contributed by atoms with Gasteiger partial charge in [0.25, 0.3) is 0 Å². The van der Waals surface area contributed by atoms with E-state index in [1.54, 1.807) is 0 Å². The van der Waals surface area contributed by atoms with E-state index in [9.17, 15) is 0 Å². The van der Waals surface area contributed by atoms with E-state index in [1.807, 2.05) is 0 Å². The molecule has 1 aromatic heterocycles. The van der Waals surface area contributed by atoms with Gasteiger partial charge in [-0.1, -0.05) is 12.1 Å². The van der Waals surface area contributed by atoms with E-state index in [2.05, 4.69) is 52.8 Å². The van der Waals surface area contributed by atoms with Crippen molar-refractivity contribution >= 4 is 22.8 Å². The first kappa shape index (κ1) is 13.0. The topological polar surface area (TPSA) is 29.9 Å². The first-order chi connectivity index (χ1) is 9.38. The normalized spacial score (nSPS) is 19.3. The third-order valence-electron chi connectivity index (χ3n) is 3.76. The maximum atomic E-state index is 4.77. The number of rotatable bonds is 5. The summed E-state index contributed by atoms with van der Waals surface area (Å²) in [6.45, 7) is 4.22. The quantitative estimate of drug-likeness (QED) is 0.910. The van der Waals surface area contributed by atoms with Gasteiger partial charge in [-0.2, -0.15) is 11.8 Å². The molecule has 1 atom stereocenters. The predicted octanol–water partition coefficient (Wildman–Crippen LogP) is 2.69. The molecule has 3 nitrogen and oxygen atoms in total. The highest BCUT2D eigenvalue weighted by molar-refractivity contribution is 7.99. The molecule has 1 saturated heterocycles. The minimum absolute atomic E-state index is 0.712. The van der Waals surface area contributed by atoms with Gasteiger partial charge in [0.15, 0.2) is 0 Å². The van der Waals surface area contributed by atoms with Crippen LogP contribution in [0, 0.1) is 0 Å². The van der Waals surface area contributed by atoms with Crippen LogP contribution in [0.15, 0.2) is 24.3 Å². The van der Waals surface area contributed by atoms with Crippen molar-refractivity contribution in [1.29, 1.82) is 0 Å². The monoisotopic (exact) mass is 275 g/mol. The van der Waals surface area contributed by atoms with Gasteiger partial charge in [-0.15, -0.1) is 0 Å². The first-order valence-electron chi connectivity index (χ1n) is 7.13. The summed E-state index contributed by atoms with van der Waals surface area (Å²) in [6.07, 6.45) is 2.33. The van der Waals surface area contributed by atoms with E-state index in [0.717, 1.165) is 25.0 Å². The predicted molar refractivity (Wildman–Crippen MR) is 82.8 cm³/mol. The highest BCUT2D eigenvalue weighted by Gasteiger charge is 2.15. The number of aryl methyl sites for hydroxylation is 1. The average molecular weight is 275 g/mol. The molecule has 1 aliphatic rings. The molecule has 2 aromatic rings. The molecule has 4 heteroatoms. The number of benzene rings is 1. The number of fused-ring (bicyclic) bond motifs is 1. The van der Waals surface area contributed by atoms with E-state index in [4.69, 9.17) is 4.98 Å². The van der Waals surface area contributed by atoms with Gasteiger partial charge in [0.2, 0.25) is 0 Å². The zero-order valence-electron chi connectivity index (χ0n) is 11.4. The van der Waals surface area contributed by atoms with Crippen molar-refractivity contribution in [2.75, 3.05) is 18.1 Å². The third-order valence-corrected chi connectivity index (χ3v) is 4.92. The van der Waals surface area contributed by atoms with Gasteiger partial charge >= 0.3 is 0 Å². The average Bonchev–Trinajstić information content (AvgIpc) is 3.05. The van der Waals surface area contributed by atoms with Crippen molar-refractivity contribution in [2.45, 2.75) is 32.4 Å². The van der Waals surface area contributed by atoms with Crippen LogP contribution in [0.5, 0.6) is 0 Å². The summed E-state index contributed by atoms with van der Waals surface area (Å²) < 4.78 is 2.33. The molecular formula is C15H21N3S. The molecule has 2 heterocycles. The molecule has 0 bridgehead atoms. The molecular weight excluding hydrogens is 254 g/mol. The van der Waals surface area contributed by atoms with Gasteiger partial charge in [-0.25, -0.2) is 4.98 Å². The molecule has 102 valence electrons. The lowest BCUT2D eigenvalue weighted by molar-refractivity contribution is 0.548. The fourth-order valence-electron chi connectivity index (χ4n) is 2.75. The number of nitrogens with zero attached hydrogens (tertiary/aromatic N) is 2. The van der Waals surface area contributed by atoms with Gasteiger partial charge in [0, 0.05) is 31.3 Å². The maximum Gasteiger partial charge on any atom is 0.111 e. The van der Waals surface area contributed by atoms with Crippen molar-refractivity contribution in [3.63, 3.8) is 0 Å². The third kappa shape index (κ3) is 2.79. The summed E-state index contributed by atoms with van der Waals surface area (Å²) in [6, 6.07) is 9.13. The first-order valence-corrected chi connectivity index (χ1v) is 8.29. The van der Waals surface area contributed by atoms with Crippen LogP contribution < -0.4 is 5.32 Å². The van der Waals surface area contributed by atoms with Crippen LogP contribution in [-0.2, 0) is 13.0 Å². The minimum atomic E-state index is 0.712. The number of aromatic nitrogens is 2. The Morgan fingerprint density at radius 3 is 3.11 bits per heavy atom. The molecule has 1 aliphatic heterocycles. The molecule has 0 spiro atoms. The summed E-state index contributed by atoms with van der Waals surface area (Å²) in [4.78, 5) is 4.77. The number of hydrogen-bond donors (Lipinski definition) is 1. The Balaban J connectivity index is 1.69. The molecule has 3 rings (SSSR count). The fourth-order valence-corrected chi connectivity index (χ4v) is 3.94. The van der Waals surface area contributed by atoms with Crippen molar-refractivity contribution in [3.8, 4) is 0 Å². The SMILES string of the molecule is CCn1c(CCN[C@@H]2CCSC2)nc2ccccc21. The Bertz CT molecular complexity index is 543. The van der Waals surface area contributed by atoms with Gasteiger partial charge in [0.1, 0.15) is 5.82 Å². The summed E-state index contributed by atoms with van der Waals surface area (Å²) in [5.74, 6) is 3.79. The van der Waals surface area contributed by atoms with Crippen molar-refractivity contribution in [3.05, 3.63) is 30.1 Å². The largest absolute Gasteiger partial charge is 0.328 e. The van der Waals surface area contributed by atoms with Crippen LogP contribution in [0.3, 0.4) is 0 Å². The summed E-state index contributed by atoms with van der Waals surface area (Å²) in [5.41, 5.74) is 2.38. The number of thioether (sulfide) groups is 1. The Morgan fingerprint density at radius 1 is 1.42 bits per heavy atom. The summed E-state index contributed by atoms with van der Waals surface area (Å²) >= 11 is 2.06. The Labute approximate surface area is 118 Å². The van der Waals surface area contributed by atoms with Crippen molar-refractivity contribution < 1.29 is 0 Å². The lowest BCUT2D eigenvalue weighted by atomic mass is 10.2. The van der Waals surface area contributed by atoms with E-state index in [-0.39, 0.29) is 0 Å². The van der Waals surface area contributed by atoms with Crippen LogP contribution in [0.4, 0.5) is 0 Å². The fraction of sp³-hybridized carbons (Fsp3) is 0.533. The second kappa shape index (κ2) is 5.97. The number of nitrogens with one attached hydrogen (secondary N) is 1. The van der Waals surface area contributed by atoms with E-state index in [1.165, 1.54) is 29.3 Å². The van der Waals surface area contributed by atoms with Crippen LogP contribution in [0.2, 0.25) is 0 Å². The minimum Gasteiger partial charge on any atom is -0.328 e. The van der Waals surface area contributed by atoms with Gasteiger partial charge in [0.05, 0.1) is 11.0 Å². The Kier molecular flexibility index (Phi) is 4.09. The van der Waals surface area contributed by atoms with E-state index in [0.29, 0.717) is 6.04 Å². The highest BCUT2D eigenvalue weighted by Crippen LogP contribution is 2.18. The summed E-state index contributed by atoms with van der Waals surface area (Å²) in [7, 11) is 0. The molecule has 0 radical (unpaired) electrons. The van der Waals surface area contributed by atoms with Crippen molar-refractivity contribution in [2.24, 2.45) is 0 Å². The lowest BCUT2D eigenvalue weighted by Crippen LogP contribution is -2.30. The highest BCUT2D eigenvalue weighted by atomic mass is 32.2. The zero-order valence-corrected chi connectivity index (χ0v) is 12.2. The summed E-state index contributed by atoms with van der Waals surface area (Å²) in [5, 5.41) is 3.65. The molecule has 0 saturated carbocycles. The molecule has 0 aliphatic carbocycles. The number of imidazole rings is 1. The Hall–Kier alpha value is -1.00. The molecule has 0 amide bonds. The Morgan fingerprint density at radius 2 is 2.32 bits per heavy atom. The van der Waals surface area contributed by atoms with Crippen LogP contribution in [-0.4, -0.2) is 33.6 Å². The zero-order chi connectivity index (χ0) is 13.1. The standard InChI is InChI=1S/C15H21N3S/c1-2-18-14-6-4-3-5-13(14)17-15(18)7-9-16-12-8-10-19-11-12/h3-6,12,16H,2,7-11H2,1H3/t12-/m1/s1. The van der Waals surface area contributed by atoms with Crippen molar-refractivity contribution in [1.82, 2.24) is 14.9 Å². The molecule has 1 aromatic carbocycles. The second-order valence-corrected chi connectivity index (χ2v) is 6.18. The van der Waals surface area contributed by atoms with Crippen LogP contribution in [0.1, 0.15) is 19.2 Å². The van der Waals surface area contributed by atoms with Gasteiger partial charge in [-0.05, 0) is 31.2 Å². The van der Waals surface area contributed by atoms with Gasteiger partial charge < -0.3 is 9.88 Å². The van der Waals surface area contributed by atoms with Gasteiger partial charge in [-0.3, -0.25) is 0 Å². The molecule has 1 N–H and O–H groups in total. The second-order valence-electron chi connectivity index (χ2n) is 5.03. The molecule has 19 heavy (non-hydrogen) atoms. The maximum absolute atomic E-state index is 4.77. The van der Waals surface area contributed by atoms with E-state index < -0.39 is 0 Å².